The normalized spacial score (nSPS) is 15.8. The minimum Gasteiger partial charge on any atom is -0.379 e. The first kappa shape index (κ1) is 26.4. The molecule has 0 atom stereocenters. The number of nitrogens with two attached hydrogens (primary N) is 1. The molecule has 0 spiro atoms. The van der Waals surface area contributed by atoms with E-state index in [9.17, 15) is 18.5 Å². The molecule has 3 aromatic rings. The largest absolute Gasteiger partial charge is 0.379 e. The minimum atomic E-state index is -3.85. The topological polar surface area (TPSA) is 123 Å². The van der Waals surface area contributed by atoms with Crippen molar-refractivity contribution < 1.29 is 13.2 Å². The summed E-state index contributed by atoms with van der Waals surface area (Å²) in [5.74, 6) is -0.0418. The number of primary sulfonamides is 1. The number of amides is 1. The highest BCUT2D eigenvalue weighted by Gasteiger charge is 2.30. The van der Waals surface area contributed by atoms with Crippen molar-refractivity contribution in [3.05, 3.63) is 82.9 Å². The van der Waals surface area contributed by atoms with E-state index in [1.54, 1.807) is 30.3 Å². The number of benzene rings is 2. The van der Waals surface area contributed by atoms with Crippen LogP contribution in [0.1, 0.15) is 27.0 Å². The van der Waals surface area contributed by atoms with E-state index in [4.69, 9.17) is 5.14 Å². The molecule has 3 N–H and O–H groups in total. The van der Waals surface area contributed by atoms with Gasteiger partial charge in [0.15, 0.2) is 0 Å². The van der Waals surface area contributed by atoms with Crippen molar-refractivity contribution in [3.8, 4) is 6.07 Å². The van der Waals surface area contributed by atoms with Gasteiger partial charge in [-0.1, -0.05) is 30.3 Å². The lowest BCUT2D eigenvalue weighted by Crippen LogP contribution is -2.55. The number of nitrogens with zero attached hydrogens (tertiary/aromatic N) is 4. The second-order valence-electron chi connectivity index (χ2n) is 10.0. The molecule has 0 aromatic heterocycles. The summed E-state index contributed by atoms with van der Waals surface area (Å²) in [7, 11) is -3.85. The van der Waals surface area contributed by atoms with Crippen LogP contribution in [0.5, 0.6) is 0 Å². The van der Waals surface area contributed by atoms with E-state index in [1.165, 1.54) is 6.07 Å². The Morgan fingerprint density at radius 2 is 1.69 bits per heavy atom. The van der Waals surface area contributed by atoms with Crippen LogP contribution in [0.4, 0.5) is 17.1 Å². The molecule has 9 nitrogen and oxygen atoms in total. The highest BCUT2D eigenvalue weighted by molar-refractivity contribution is 7.89. The van der Waals surface area contributed by atoms with Crippen LogP contribution in [-0.4, -0.2) is 64.5 Å². The molecule has 2 fully saturated rings. The van der Waals surface area contributed by atoms with Crippen LogP contribution in [0.2, 0.25) is 0 Å². The van der Waals surface area contributed by atoms with E-state index in [0.29, 0.717) is 43.0 Å². The second kappa shape index (κ2) is 10.5. The fourth-order valence-electron chi connectivity index (χ4n) is 5.23. The molecular formula is C29H30N6O3S. The summed E-state index contributed by atoms with van der Waals surface area (Å²) in [4.78, 5) is 19.5. The third-order valence-electron chi connectivity index (χ3n) is 7.37. The molecule has 2 aliphatic rings. The number of para-hydroxylation sites is 1. The second-order valence-corrected chi connectivity index (χ2v) is 11.5. The standard InChI is InChI=1S/C29H30N6O3S/c1-20-15-21(2)25(32-23-18-35(19-23)26-8-4-3-7-22(26)17-30)16-24(20)29(36)34-13-11-33(12-14-34)27-9-5-6-10-28(27)39(31,37)38/h5-10,15-16,23,32H,11-14,18-19H2,1-2H3,(H2,31,37,38). The first-order valence-corrected chi connectivity index (χ1v) is 14.3. The smallest absolute Gasteiger partial charge is 0.254 e. The monoisotopic (exact) mass is 542 g/mol. The molecule has 0 unspecified atom stereocenters. The van der Waals surface area contributed by atoms with Crippen molar-refractivity contribution in [1.29, 1.82) is 5.26 Å². The van der Waals surface area contributed by atoms with E-state index in [2.05, 4.69) is 28.4 Å². The molecule has 0 saturated carbocycles. The maximum Gasteiger partial charge on any atom is 0.254 e. The van der Waals surface area contributed by atoms with Gasteiger partial charge in [0, 0.05) is 62.7 Å². The van der Waals surface area contributed by atoms with Gasteiger partial charge in [0.05, 0.1) is 23.0 Å². The van der Waals surface area contributed by atoms with Crippen LogP contribution in [0, 0.1) is 37.3 Å². The minimum absolute atomic E-state index is 0.0418. The number of hydrogen-bond donors (Lipinski definition) is 2. The van der Waals surface area contributed by atoms with Gasteiger partial charge in [-0.05, 0) is 43.2 Å². The first-order chi connectivity index (χ1) is 18.7. The van der Waals surface area contributed by atoms with Gasteiger partial charge in [-0.2, -0.15) is 5.26 Å². The van der Waals surface area contributed by atoms with E-state index in [0.717, 1.165) is 35.6 Å². The summed E-state index contributed by atoms with van der Waals surface area (Å²) in [6.07, 6.45) is 0. The number of hydrogen-bond acceptors (Lipinski definition) is 7. The Balaban J connectivity index is 1.25. The molecule has 10 heteroatoms. The van der Waals surface area contributed by atoms with Crippen LogP contribution < -0.4 is 20.3 Å². The lowest BCUT2D eigenvalue weighted by atomic mass is 10.00. The van der Waals surface area contributed by atoms with Crippen LogP contribution in [0.25, 0.3) is 0 Å². The molecule has 0 aliphatic carbocycles. The van der Waals surface area contributed by atoms with Crippen LogP contribution in [0.3, 0.4) is 0 Å². The lowest BCUT2D eigenvalue weighted by Gasteiger charge is -2.42. The Labute approximate surface area is 229 Å². The van der Waals surface area contributed by atoms with Gasteiger partial charge in [0.1, 0.15) is 11.0 Å². The summed E-state index contributed by atoms with van der Waals surface area (Å²) in [5, 5.41) is 18.3. The SMILES string of the molecule is Cc1cc(C)c(C(=O)N2CCN(c3ccccc3S(N)(=O)=O)CC2)cc1NC1CN(c2cc#ccc2C#N)C1. The number of aryl methyl sites for hydroxylation is 2. The van der Waals surface area contributed by atoms with Crippen molar-refractivity contribution in [2.45, 2.75) is 24.8 Å². The van der Waals surface area contributed by atoms with Gasteiger partial charge in [0.25, 0.3) is 5.91 Å². The van der Waals surface area contributed by atoms with E-state index >= 15 is 0 Å². The summed E-state index contributed by atoms with van der Waals surface area (Å²) in [5.41, 5.74) is 5.55. The number of piperazine rings is 1. The number of nitrogens with one attached hydrogen (secondary N) is 1. The molecule has 2 aliphatic heterocycles. The molecule has 0 radical (unpaired) electrons. The summed E-state index contributed by atoms with van der Waals surface area (Å²) >= 11 is 0. The molecule has 2 saturated heterocycles. The van der Waals surface area contributed by atoms with Crippen molar-refractivity contribution in [2.75, 3.05) is 54.4 Å². The Morgan fingerprint density at radius 1 is 1.00 bits per heavy atom. The van der Waals surface area contributed by atoms with Gasteiger partial charge in [-0.25, -0.2) is 13.6 Å². The van der Waals surface area contributed by atoms with E-state index in [1.807, 2.05) is 35.8 Å². The molecule has 5 rings (SSSR count). The molecule has 200 valence electrons. The molecular weight excluding hydrogens is 512 g/mol. The third-order valence-corrected chi connectivity index (χ3v) is 8.33. The molecule has 1 amide bonds. The van der Waals surface area contributed by atoms with E-state index < -0.39 is 10.0 Å². The van der Waals surface area contributed by atoms with Gasteiger partial charge in [0.2, 0.25) is 10.0 Å². The Kier molecular flexibility index (Phi) is 7.09. The lowest BCUT2D eigenvalue weighted by molar-refractivity contribution is 0.0746. The van der Waals surface area contributed by atoms with Crippen molar-refractivity contribution in [3.63, 3.8) is 0 Å². The van der Waals surface area contributed by atoms with Crippen molar-refractivity contribution >= 4 is 33.0 Å². The predicted octanol–water partition coefficient (Wildman–Crippen LogP) is 2.69. The van der Waals surface area contributed by atoms with Gasteiger partial charge in [-0.15, -0.1) is 0 Å². The average Bonchev–Trinajstić information content (AvgIpc) is 2.91. The summed E-state index contributed by atoms with van der Waals surface area (Å²) in [6.45, 7) is 7.40. The van der Waals surface area contributed by atoms with Crippen LogP contribution in [-0.2, 0) is 10.0 Å². The molecule has 0 bridgehead atoms. The van der Waals surface area contributed by atoms with Crippen molar-refractivity contribution in [1.82, 2.24) is 4.90 Å². The fraction of sp³-hybridized carbons (Fsp3) is 0.310. The molecule has 39 heavy (non-hydrogen) atoms. The summed E-state index contributed by atoms with van der Waals surface area (Å²) in [6, 6.07) is 22.2. The molecule has 2 heterocycles. The van der Waals surface area contributed by atoms with Crippen LogP contribution in [0.15, 0.2) is 53.4 Å². The number of rotatable bonds is 6. The highest BCUT2D eigenvalue weighted by Crippen LogP contribution is 2.29. The molecule has 3 aromatic carbocycles. The van der Waals surface area contributed by atoms with E-state index in [-0.39, 0.29) is 16.8 Å². The quantitative estimate of drug-likeness (QED) is 0.491. The average molecular weight is 543 g/mol. The maximum absolute atomic E-state index is 13.5. The number of carbonyl (C=O) groups excluding carboxylic acids is 1. The fourth-order valence-corrected chi connectivity index (χ4v) is 5.99. The van der Waals surface area contributed by atoms with Gasteiger partial charge >= 0.3 is 0 Å². The third kappa shape index (κ3) is 5.35. The Hall–Kier alpha value is -4.25. The zero-order valence-electron chi connectivity index (χ0n) is 21.9. The maximum atomic E-state index is 13.5. The van der Waals surface area contributed by atoms with Gasteiger partial charge < -0.3 is 20.0 Å². The summed E-state index contributed by atoms with van der Waals surface area (Å²) < 4.78 is 24.1. The highest BCUT2D eigenvalue weighted by atomic mass is 32.2. The van der Waals surface area contributed by atoms with Crippen LogP contribution >= 0.6 is 0 Å². The zero-order valence-corrected chi connectivity index (χ0v) is 22.8. The number of nitriles is 1. The van der Waals surface area contributed by atoms with Crippen molar-refractivity contribution in [2.24, 2.45) is 5.14 Å². The number of anilines is 3. The predicted molar refractivity (Wildman–Crippen MR) is 150 cm³/mol. The Bertz CT molecular complexity index is 1550. The Morgan fingerprint density at radius 3 is 2.38 bits per heavy atom. The first-order valence-electron chi connectivity index (χ1n) is 12.8. The zero-order chi connectivity index (χ0) is 27.7. The number of sulfonamides is 1. The van der Waals surface area contributed by atoms with Gasteiger partial charge in [-0.3, -0.25) is 4.79 Å². The number of carbonyl (C=O) groups is 1.